The minimum atomic E-state index is -0.848. The number of rotatable bonds is 5. The summed E-state index contributed by atoms with van der Waals surface area (Å²) in [4.78, 5) is 12.0. The third-order valence-corrected chi connectivity index (χ3v) is 4.76. The summed E-state index contributed by atoms with van der Waals surface area (Å²) >= 11 is 1.69. The van der Waals surface area contributed by atoms with Crippen LogP contribution in [0, 0.1) is 5.82 Å². The average Bonchev–Trinajstić information content (AvgIpc) is 2.90. The van der Waals surface area contributed by atoms with Gasteiger partial charge in [0.15, 0.2) is 0 Å². The summed E-state index contributed by atoms with van der Waals surface area (Å²) in [6.45, 7) is 0. The fourth-order valence-electron chi connectivity index (χ4n) is 2.82. The molecule has 0 radical (unpaired) electrons. The van der Waals surface area contributed by atoms with E-state index in [4.69, 9.17) is 5.11 Å². The van der Waals surface area contributed by atoms with Gasteiger partial charge in [-0.2, -0.15) is 0 Å². The minimum Gasteiger partial charge on any atom is -0.481 e. The predicted octanol–water partition coefficient (Wildman–Crippen LogP) is 5.35. The van der Waals surface area contributed by atoms with Gasteiger partial charge in [-0.05, 0) is 70.9 Å². The van der Waals surface area contributed by atoms with Crippen molar-refractivity contribution < 1.29 is 14.3 Å². The summed E-state index contributed by atoms with van der Waals surface area (Å²) in [5, 5.41) is 8.91. The van der Waals surface area contributed by atoms with Crippen LogP contribution in [-0.2, 0) is 4.79 Å². The number of halogens is 1. The predicted molar refractivity (Wildman–Crippen MR) is 97.3 cm³/mol. The van der Waals surface area contributed by atoms with Crippen LogP contribution in [0.25, 0.3) is 17.2 Å². The Morgan fingerprint density at radius 1 is 1.17 bits per heavy atom. The zero-order chi connectivity index (χ0) is 17.1. The van der Waals surface area contributed by atoms with Crippen LogP contribution in [0.4, 0.5) is 4.39 Å². The van der Waals surface area contributed by atoms with Gasteiger partial charge < -0.3 is 5.11 Å². The molecule has 0 aliphatic heterocycles. The van der Waals surface area contributed by atoms with E-state index in [1.54, 1.807) is 17.8 Å². The fraction of sp³-hybridized carbons (Fsp3) is 0.150. The second-order valence-corrected chi connectivity index (χ2v) is 6.51. The lowest BCUT2D eigenvalue weighted by Crippen LogP contribution is -1.95. The Morgan fingerprint density at radius 3 is 2.58 bits per heavy atom. The maximum atomic E-state index is 13.6. The maximum absolute atomic E-state index is 13.6. The van der Waals surface area contributed by atoms with E-state index < -0.39 is 5.97 Å². The number of fused-ring (bicyclic) bond motifs is 1. The molecular weight excluding hydrogens is 323 g/mol. The Bertz CT molecular complexity index is 835. The van der Waals surface area contributed by atoms with Gasteiger partial charge in [-0.1, -0.05) is 24.3 Å². The molecule has 3 rings (SSSR count). The standard InChI is InChI=1S/C20H17FO2S/c1-24-17-6-2-13(3-7-17)10-15-11-14(4-9-20(22)23)19-12-16(21)5-8-18(15)19/h2-3,5-8,10-12H,4,9H2,1H3,(H,22,23). The van der Waals surface area contributed by atoms with Crippen LogP contribution in [0.15, 0.2) is 53.4 Å². The van der Waals surface area contributed by atoms with Crippen molar-refractivity contribution in [2.45, 2.75) is 17.7 Å². The van der Waals surface area contributed by atoms with Gasteiger partial charge in [-0.15, -0.1) is 11.8 Å². The minimum absolute atomic E-state index is 0.0392. The van der Waals surface area contributed by atoms with Crippen molar-refractivity contribution >= 4 is 35.0 Å². The number of allylic oxidation sites excluding steroid dienone is 3. The number of thioether (sulfide) groups is 1. The van der Waals surface area contributed by atoms with Crippen molar-refractivity contribution in [3.8, 4) is 0 Å². The van der Waals surface area contributed by atoms with Crippen LogP contribution in [0.1, 0.15) is 29.5 Å². The monoisotopic (exact) mass is 340 g/mol. The number of hydrogen-bond acceptors (Lipinski definition) is 2. The zero-order valence-electron chi connectivity index (χ0n) is 13.3. The van der Waals surface area contributed by atoms with Crippen molar-refractivity contribution in [1.29, 1.82) is 0 Å². The highest BCUT2D eigenvalue weighted by Crippen LogP contribution is 2.39. The van der Waals surface area contributed by atoms with E-state index >= 15 is 0 Å². The molecule has 0 amide bonds. The molecule has 1 N–H and O–H groups in total. The van der Waals surface area contributed by atoms with Crippen molar-refractivity contribution in [3.63, 3.8) is 0 Å². The zero-order valence-corrected chi connectivity index (χ0v) is 14.1. The molecule has 0 unspecified atom stereocenters. The lowest BCUT2D eigenvalue weighted by molar-refractivity contribution is -0.136. The van der Waals surface area contributed by atoms with Crippen LogP contribution >= 0.6 is 11.8 Å². The highest BCUT2D eigenvalue weighted by atomic mass is 32.2. The summed E-state index contributed by atoms with van der Waals surface area (Å²) in [6, 6.07) is 12.9. The van der Waals surface area contributed by atoms with E-state index in [0.717, 1.165) is 27.8 Å². The molecule has 4 heteroatoms. The smallest absolute Gasteiger partial charge is 0.303 e. The fourth-order valence-corrected chi connectivity index (χ4v) is 3.23. The Morgan fingerprint density at radius 2 is 1.92 bits per heavy atom. The van der Waals surface area contributed by atoms with E-state index in [2.05, 4.69) is 18.2 Å². The molecule has 2 aromatic rings. The van der Waals surface area contributed by atoms with Gasteiger partial charge in [0.25, 0.3) is 0 Å². The summed E-state index contributed by atoms with van der Waals surface area (Å²) in [6.07, 6.45) is 6.49. The third kappa shape index (κ3) is 3.60. The Hall–Kier alpha value is -2.33. The van der Waals surface area contributed by atoms with Gasteiger partial charge in [0.2, 0.25) is 0 Å². The van der Waals surface area contributed by atoms with Gasteiger partial charge in [-0.3, -0.25) is 4.79 Å². The summed E-state index contributed by atoms with van der Waals surface area (Å²) < 4.78 is 13.6. The first-order valence-electron chi connectivity index (χ1n) is 7.65. The van der Waals surface area contributed by atoms with Gasteiger partial charge in [0.05, 0.1) is 0 Å². The molecule has 0 heterocycles. The van der Waals surface area contributed by atoms with Gasteiger partial charge in [0, 0.05) is 11.3 Å². The molecule has 1 aliphatic carbocycles. The normalized spacial score (nSPS) is 14.6. The quantitative estimate of drug-likeness (QED) is 0.746. The third-order valence-electron chi connectivity index (χ3n) is 4.01. The molecule has 0 spiro atoms. The number of carboxylic acid groups (broad SMARTS) is 1. The topological polar surface area (TPSA) is 37.3 Å². The van der Waals surface area contributed by atoms with Gasteiger partial charge in [0.1, 0.15) is 5.82 Å². The van der Waals surface area contributed by atoms with Crippen LogP contribution in [0.3, 0.4) is 0 Å². The van der Waals surface area contributed by atoms with Crippen molar-refractivity contribution in [1.82, 2.24) is 0 Å². The average molecular weight is 340 g/mol. The highest BCUT2D eigenvalue weighted by molar-refractivity contribution is 7.98. The van der Waals surface area contributed by atoms with Crippen LogP contribution in [0.5, 0.6) is 0 Å². The molecule has 0 fully saturated rings. The summed E-state index contributed by atoms with van der Waals surface area (Å²) in [5.41, 5.74) is 4.67. The molecule has 0 saturated heterocycles. The summed E-state index contributed by atoms with van der Waals surface area (Å²) in [5.74, 6) is -1.15. The van der Waals surface area contributed by atoms with Crippen LogP contribution < -0.4 is 0 Å². The number of hydrogen-bond donors (Lipinski definition) is 1. The van der Waals surface area contributed by atoms with Gasteiger partial charge >= 0.3 is 5.97 Å². The molecule has 0 bridgehead atoms. The molecule has 2 aromatic carbocycles. The number of carbonyl (C=O) groups is 1. The second kappa shape index (κ2) is 7.05. The van der Waals surface area contributed by atoms with Crippen molar-refractivity contribution in [2.24, 2.45) is 0 Å². The Labute approximate surface area is 144 Å². The Balaban J connectivity index is 1.97. The van der Waals surface area contributed by atoms with Crippen molar-refractivity contribution in [2.75, 3.05) is 6.26 Å². The van der Waals surface area contributed by atoms with Gasteiger partial charge in [-0.25, -0.2) is 4.39 Å². The molecule has 122 valence electrons. The lowest BCUT2D eigenvalue weighted by Gasteiger charge is -2.05. The lowest BCUT2D eigenvalue weighted by atomic mass is 10.0. The van der Waals surface area contributed by atoms with E-state index in [-0.39, 0.29) is 12.2 Å². The molecule has 0 aromatic heterocycles. The molecule has 1 aliphatic rings. The Kier molecular flexibility index (Phi) is 4.86. The van der Waals surface area contributed by atoms with E-state index in [9.17, 15) is 9.18 Å². The van der Waals surface area contributed by atoms with E-state index in [1.165, 1.54) is 17.0 Å². The number of carboxylic acids is 1. The highest BCUT2D eigenvalue weighted by Gasteiger charge is 2.19. The van der Waals surface area contributed by atoms with E-state index in [1.807, 2.05) is 24.5 Å². The first kappa shape index (κ1) is 16.5. The largest absolute Gasteiger partial charge is 0.481 e. The van der Waals surface area contributed by atoms with Crippen LogP contribution in [-0.4, -0.2) is 17.3 Å². The molecular formula is C20H17FO2S. The number of aliphatic carboxylic acids is 1. The first-order valence-corrected chi connectivity index (χ1v) is 8.88. The molecule has 2 nitrogen and oxygen atoms in total. The molecule has 24 heavy (non-hydrogen) atoms. The maximum Gasteiger partial charge on any atom is 0.303 e. The SMILES string of the molecule is CSc1ccc(C=C2C=C(CCC(=O)O)c3cc(F)ccc32)cc1. The first-order chi connectivity index (χ1) is 11.6. The summed E-state index contributed by atoms with van der Waals surface area (Å²) in [7, 11) is 0. The van der Waals surface area contributed by atoms with E-state index in [0.29, 0.717) is 6.42 Å². The molecule has 0 saturated carbocycles. The number of benzene rings is 2. The van der Waals surface area contributed by atoms with Crippen molar-refractivity contribution in [3.05, 3.63) is 71.0 Å². The molecule has 0 atom stereocenters. The van der Waals surface area contributed by atoms with Crippen LogP contribution in [0.2, 0.25) is 0 Å². The second-order valence-electron chi connectivity index (χ2n) is 5.63.